The van der Waals surface area contributed by atoms with E-state index in [9.17, 15) is 14.4 Å². The number of pyridine rings is 1. The van der Waals surface area contributed by atoms with Gasteiger partial charge in [0.15, 0.2) is 0 Å². The molecule has 2 aromatic carbocycles. The van der Waals surface area contributed by atoms with Gasteiger partial charge in [-0.2, -0.15) is 0 Å². The number of nitrogens with zero attached hydrogens (tertiary/aromatic N) is 3. The van der Waals surface area contributed by atoms with Crippen molar-refractivity contribution in [1.29, 1.82) is 0 Å². The van der Waals surface area contributed by atoms with E-state index in [1.165, 1.54) is 10.9 Å². The molecule has 160 valence electrons. The minimum Gasteiger partial charge on any atom is -0.326 e. The maximum atomic E-state index is 12.7. The molecule has 0 saturated carbocycles. The third-order valence-corrected chi connectivity index (χ3v) is 4.98. The molecule has 0 bridgehead atoms. The average Bonchev–Trinajstić information content (AvgIpc) is 2.80. The highest BCUT2D eigenvalue weighted by Gasteiger charge is 2.10. The summed E-state index contributed by atoms with van der Waals surface area (Å²) in [4.78, 5) is 45.8. The largest absolute Gasteiger partial charge is 0.326 e. The second-order valence-corrected chi connectivity index (χ2v) is 7.28. The number of aryl methyl sites for hydroxylation is 2. The van der Waals surface area contributed by atoms with Gasteiger partial charge in [-0.25, -0.2) is 4.98 Å². The monoisotopic (exact) mass is 427 g/mol. The summed E-state index contributed by atoms with van der Waals surface area (Å²) in [6, 6.07) is 15.5. The number of amides is 2. The van der Waals surface area contributed by atoms with Crippen LogP contribution in [0.15, 0.2) is 78.1 Å². The van der Waals surface area contributed by atoms with Crippen molar-refractivity contribution >= 4 is 34.1 Å². The number of anilines is 2. The number of fused-ring (bicyclic) bond motifs is 1. The van der Waals surface area contributed by atoms with Gasteiger partial charge in [-0.1, -0.05) is 18.2 Å². The Morgan fingerprint density at radius 1 is 0.969 bits per heavy atom. The van der Waals surface area contributed by atoms with Crippen LogP contribution in [0.1, 0.15) is 22.3 Å². The topological polar surface area (TPSA) is 106 Å². The Hall–Kier alpha value is -4.33. The Bertz CT molecular complexity index is 1350. The maximum absolute atomic E-state index is 12.7. The van der Waals surface area contributed by atoms with Crippen LogP contribution in [0, 0.1) is 6.92 Å². The standard InChI is InChI=1S/C24H21N5O3/c1-16-4-2-7-20-22(16)26-15-29(24(20)32)13-10-21(30)27-19-6-3-5-17(14-19)23(31)28-18-8-11-25-12-9-18/h2-9,11-12,14-15H,10,13H2,1H3,(H,27,30)(H,25,28,31). The smallest absolute Gasteiger partial charge is 0.261 e. The number of nitrogens with one attached hydrogen (secondary N) is 2. The van der Waals surface area contributed by atoms with Gasteiger partial charge in [0.05, 0.1) is 17.2 Å². The molecule has 2 amide bonds. The van der Waals surface area contributed by atoms with E-state index in [-0.39, 0.29) is 30.3 Å². The molecule has 4 rings (SSSR count). The van der Waals surface area contributed by atoms with Gasteiger partial charge < -0.3 is 10.6 Å². The molecular formula is C24H21N5O3. The van der Waals surface area contributed by atoms with Crippen molar-refractivity contribution in [2.45, 2.75) is 19.9 Å². The first-order valence-electron chi connectivity index (χ1n) is 10.1. The zero-order valence-corrected chi connectivity index (χ0v) is 17.4. The lowest BCUT2D eigenvalue weighted by atomic mass is 10.1. The van der Waals surface area contributed by atoms with Gasteiger partial charge >= 0.3 is 0 Å². The number of aromatic nitrogens is 3. The summed E-state index contributed by atoms with van der Waals surface area (Å²) in [7, 11) is 0. The molecule has 0 spiro atoms. The predicted octanol–water partition coefficient (Wildman–Crippen LogP) is 3.38. The summed E-state index contributed by atoms with van der Waals surface area (Å²) < 4.78 is 1.43. The zero-order valence-electron chi connectivity index (χ0n) is 17.4. The second kappa shape index (κ2) is 9.22. The highest BCUT2D eigenvalue weighted by molar-refractivity contribution is 6.05. The SMILES string of the molecule is Cc1cccc2c(=O)n(CCC(=O)Nc3cccc(C(=O)Nc4ccncc4)c3)cnc12. The summed E-state index contributed by atoms with van der Waals surface area (Å²) in [5, 5.41) is 6.07. The van der Waals surface area contributed by atoms with Crippen LogP contribution in [0.5, 0.6) is 0 Å². The van der Waals surface area contributed by atoms with E-state index >= 15 is 0 Å². The summed E-state index contributed by atoms with van der Waals surface area (Å²) in [5.41, 5.74) is 2.95. The molecule has 0 saturated heterocycles. The average molecular weight is 427 g/mol. The molecule has 32 heavy (non-hydrogen) atoms. The lowest BCUT2D eigenvalue weighted by Gasteiger charge is -2.10. The van der Waals surface area contributed by atoms with Gasteiger partial charge in [0.1, 0.15) is 0 Å². The molecule has 0 unspecified atom stereocenters. The van der Waals surface area contributed by atoms with E-state index in [1.807, 2.05) is 19.1 Å². The minimum absolute atomic E-state index is 0.0896. The molecule has 8 heteroatoms. The number of rotatable bonds is 6. The summed E-state index contributed by atoms with van der Waals surface area (Å²) in [6.07, 6.45) is 4.73. The van der Waals surface area contributed by atoms with Gasteiger partial charge in [-0.3, -0.25) is 23.9 Å². The van der Waals surface area contributed by atoms with Crippen molar-refractivity contribution in [2.75, 3.05) is 10.6 Å². The van der Waals surface area contributed by atoms with Crippen molar-refractivity contribution in [2.24, 2.45) is 0 Å². The van der Waals surface area contributed by atoms with Gasteiger partial charge in [-0.05, 0) is 48.9 Å². The van der Waals surface area contributed by atoms with E-state index in [0.29, 0.717) is 27.8 Å². The first-order valence-corrected chi connectivity index (χ1v) is 10.1. The Labute approximate surface area is 184 Å². The second-order valence-electron chi connectivity index (χ2n) is 7.28. The molecule has 0 aliphatic heterocycles. The number of hydrogen-bond donors (Lipinski definition) is 2. The third kappa shape index (κ3) is 4.70. The number of carbonyl (C=O) groups is 2. The zero-order chi connectivity index (χ0) is 22.5. The third-order valence-electron chi connectivity index (χ3n) is 4.98. The lowest BCUT2D eigenvalue weighted by Crippen LogP contribution is -2.24. The fourth-order valence-corrected chi connectivity index (χ4v) is 3.32. The van der Waals surface area contributed by atoms with Crippen LogP contribution in [0.2, 0.25) is 0 Å². The highest BCUT2D eigenvalue weighted by atomic mass is 16.2. The fraction of sp³-hybridized carbons (Fsp3) is 0.125. The van der Waals surface area contributed by atoms with E-state index in [0.717, 1.165) is 5.56 Å². The Kier molecular flexibility index (Phi) is 6.03. The fourth-order valence-electron chi connectivity index (χ4n) is 3.32. The molecule has 2 aromatic heterocycles. The summed E-state index contributed by atoms with van der Waals surface area (Å²) in [6.45, 7) is 2.10. The Balaban J connectivity index is 1.40. The van der Waals surface area contributed by atoms with E-state index < -0.39 is 0 Å². The molecule has 2 N–H and O–H groups in total. The van der Waals surface area contributed by atoms with Crippen LogP contribution in [-0.4, -0.2) is 26.3 Å². The molecular weight excluding hydrogens is 406 g/mol. The molecule has 0 aliphatic rings. The quantitative estimate of drug-likeness (QED) is 0.491. The minimum atomic E-state index is -0.295. The van der Waals surface area contributed by atoms with Crippen LogP contribution in [0.25, 0.3) is 10.9 Å². The van der Waals surface area contributed by atoms with Crippen LogP contribution in [0.4, 0.5) is 11.4 Å². The summed E-state index contributed by atoms with van der Waals surface area (Å²) in [5.74, 6) is -0.565. The normalized spacial score (nSPS) is 10.7. The molecule has 0 fully saturated rings. The summed E-state index contributed by atoms with van der Waals surface area (Å²) >= 11 is 0. The molecule has 4 aromatic rings. The maximum Gasteiger partial charge on any atom is 0.261 e. The van der Waals surface area contributed by atoms with Gasteiger partial charge in [0.25, 0.3) is 11.5 Å². The van der Waals surface area contributed by atoms with Crippen molar-refractivity contribution in [3.05, 3.63) is 94.8 Å². The van der Waals surface area contributed by atoms with E-state index in [4.69, 9.17) is 0 Å². The first kappa shape index (κ1) is 20.9. The van der Waals surface area contributed by atoms with Crippen LogP contribution < -0.4 is 16.2 Å². The Morgan fingerprint density at radius 2 is 1.75 bits per heavy atom. The van der Waals surface area contributed by atoms with E-state index in [2.05, 4.69) is 20.6 Å². The molecule has 0 radical (unpaired) electrons. The van der Waals surface area contributed by atoms with Crippen molar-refractivity contribution < 1.29 is 9.59 Å². The van der Waals surface area contributed by atoms with E-state index in [1.54, 1.807) is 54.9 Å². The number of hydrogen-bond acceptors (Lipinski definition) is 5. The molecule has 0 atom stereocenters. The Morgan fingerprint density at radius 3 is 2.56 bits per heavy atom. The molecule has 0 aliphatic carbocycles. The highest BCUT2D eigenvalue weighted by Crippen LogP contribution is 2.14. The van der Waals surface area contributed by atoms with Gasteiger partial charge in [-0.15, -0.1) is 0 Å². The number of carbonyl (C=O) groups excluding carboxylic acids is 2. The predicted molar refractivity (Wildman–Crippen MR) is 123 cm³/mol. The lowest BCUT2D eigenvalue weighted by molar-refractivity contribution is -0.116. The first-order chi connectivity index (χ1) is 15.5. The van der Waals surface area contributed by atoms with Crippen LogP contribution in [-0.2, 0) is 11.3 Å². The van der Waals surface area contributed by atoms with Crippen molar-refractivity contribution in [3.63, 3.8) is 0 Å². The van der Waals surface area contributed by atoms with Gasteiger partial charge in [0.2, 0.25) is 5.91 Å². The molecule has 8 nitrogen and oxygen atoms in total. The number of para-hydroxylation sites is 1. The van der Waals surface area contributed by atoms with Crippen LogP contribution in [0.3, 0.4) is 0 Å². The van der Waals surface area contributed by atoms with Gasteiger partial charge in [0, 0.05) is 42.3 Å². The van der Waals surface area contributed by atoms with Crippen molar-refractivity contribution in [1.82, 2.24) is 14.5 Å². The van der Waals surface area contributed by atoms with Crippen LogP contribution >= 0.6 is 0 Å². The van der Waals surface area contributed by atoms with Crippen molar-refractivity contribution in [3.8, 4) is 0 Å². The number of benzene rings is 2. The molecule has 2 heterocycles.